The van der Waals surface area contributed by atoms with Crippen LogP contribution in [0.1, 0.15) is 20.3 Å². The van der Waals surface area contributed by atoms with Crippen LogP contribution in [0.4, 0.5) is 48.3 Å². The average molecular weight is 510 g/mol. The summed E-state index contributed by atoms with van der Waals surface area (Å²) >= 11 is 0.813. The van der Waals surface area contributed by atoms with E-state index >= 15 is 0 Å². The Labute approximate surface area is 147 Å². The second-order valence-electron chi connectivity index (χ2n) is 5.02. The van der Waals surface area contributed by atoms with E-state index in [4.69, 9.17) is 0 Å². The van der Waals surface area contributed by atoms with E-state index in [-0.39, 0.29) is 0 Å². The fraction of sp³-hybridized carbons (Fsp3) is 0.909. The Bertz CT molecular complexity index is 499. The smallest absolute Gasteiger partial charge is 0.460 e. The summed E-state index contributed by atoms with van der Waals surface area (Å²) in [6.45, 7) is 1.31. The quantitative estimate of drug-likeness (QED) is 0.203. The van der Waals surface area contributed by atoms with Crippen molar-refractivity contribution in [1.82, 2.24) is 0 Å². The number of esters is 1. The van der Waals surface area contributed by atoms with Crippen LogP contribution in [-0.2, 0) is 9.53 Å². The predicted octanol–water partition coefficient (Wildman–Crippen LogP) is 5.24. The van der Waals surface area contributed by atoms with Crippen molar-refractivity contribution in [3.8, 4) is 0 Å². The molecule has 0 radical (unpaired) electrons. The van der Waals surface area contributed by atoms with E-state index in [1.807, 2.05) is 0 Å². The van der Waals surface area contributed by atoms with E-state index in [2.05, 4.69) is 4.74 Å². The molecule has 150 valence electrons. The van der Waals surface area contributed by atoms with E-state index in [9.17, 15) is 53.1 Å². The van der Waals surface area contributed by atoms with Crippen LogP contribution >= 0.6 is 22.6 Å². The van der Waals surface area contributed by atoms with Gasteiger partial charge < -0.3 is 4.74 Å². The molecule has 0 aromatic carbocycles. The van der Waals surface area contributed by atoms with Gasteiger partial charge in [-0.2, -0.15) is 48.3 Å². The number of carbonyl (C=O) groups is 1. The second-order valence-corrected chi connectivity index (χ2v) is 7.40. The highest BCUT2D eigenvalue weighted by Gasteiger charge is 2.87. The first-order chi connectivity index (χ1) is 10.7. The SMILES string of the molecule is CCOC(=O)C(C)(I)CC(F)(F)C(F)(F)C(F)(F)C(F)(F)C(F)(F)F. The molecule has 2 nitrogen and oxygen atoms in total. The van der Waals surface area contributed by atoms with E-state index in [1.54, 1.807) is 0 Å². The Morgan fingerprint density at radius 2 is 1.24 bits per heavy atom. The first-order valence-corrected chi connectivity index (χ1v) is 7.21. The third-order valence-corrected chi connectivity index (χ3v) is 3.68. The summed E-state index contributed by atoms with van der Waals surface area (Å²) in [5.41, 5.74) is 0. The van der Waals surface area contributed by atoms with Gasteiger partial charge in [0.2, 0.25) is 0 Å². The predicted molar refractivity (Wildman–Crippen MR) is 69.5 cm³/mol. The van der Waals surface area contributed by atoms with Gasteiger partial charge in [-0.3, -0.25) is 4.79 Å². The van der Waals surface area contributed by atoms with Gasteiger partial charge in [-0.1, -0.05) is 22.6 Å². The van der Waals surface area contributed by atoms with Gasteiger partial charge >= 0.3 is 35.8 Å². The van der Waals surface area contributed by atoms with Crippen molar-refractivity contribution in [2.24, 2.45) is 0 Å². The summed E-state index contributed by atoms with van der Waals surface area (Å²) in [7, 11) is 0. The van der Waals surface area contributed by atoms with Crippen molar-refractivity contribution in [3.05, 3.63) is 0 Å². The first-order valence-electron chi connectivity index (χ1n) is 6.13. The number of alkyl halides is 12. The summed E-state index contributed by atoms with van der Waals surface area (Å²) in [6, 6.07) is 0. The molecule has 0 bridgehead atoms. The summed E-state index contributed by atoms with van der Waals surface area (Å²) in [6.07, 6.45) is -9.69. The lowest BCUT2D eigenvalue weighted by molar-refractivity contribution is -0.422. The zero-order valence-corrected chi connectivity index (χ0v) is 14.4. The second kappa shape index (κ2) is 6.87. The highest BCUT2D eigenvalue weighted by atomic mass is 127. The topological polar surface area (TPSA) is 26.3 Å². The van der Waals surface area contributed by atoms with Crippen molar-refractivity contribution < 1.29 is 57.8 Å². The van der Waals surface area contributed by atoms with Gasteiger partial charge in [-0.25, -0.2) is 0 Å². The Kier molecular flexibility index (Phi) is 6.71. The molecule has 0 aromatic rings. The lowest BCUT2D eigenvalue weighted by Gasteiger charge is -2.38. The van der Waals surface area contributed by atoms with E-state index in [0.29, 0.717) is 6.92 Å². The van der Waals surface area contributed by atoms with Gasteiger partial charge in [-0.05, 0) is 13.8 Å². The number of ether oxygens (including phenoxy) is 1. The monoisotopic (exact) mass is 510 g/mol. The molecule has 0 saturated heterocycles. The molecule has 0 spiro atoms. The van der Waals surface area contributed by atoms with Crippen LogP contribution in [0.2, 0.25) is 0 Å². The van der Waals surface area contributed by atoms with E-state index in [0.717, 1.165) is 22.6 Å². The van der Waals surface area contributed by atoms with Crippen LogP contribution in [0, 0.1) is 0 Å². The van der Waals surface area contributed by atoms with Gasteiger partial charge in [-0.15, -0.1) is 0 Å². The van der Waals surface area contributed by atoms with Gasteiger partial charge in [0.05, 0.1) is 6.61 Å². The number of halogens is 12. The third-order valence-electron chi connectivity index (χ3n) is 2.86. The molecule has 0 aromatic heterocycles. The summed E-state index contributed by atoms with van der Waals surface area (Å²) in [5, 5.41) is 0. The molecule has 0 N–H and O–H groups in total. The van der Waals surface area contributed by atoms with Crippen LogP contribution in [0.15, 0.2) is 0 Å². The Balaban J connectivity index is 5.93. The molecule has 1 unspecified atom stereocenters. The van der Waals surface area contributed by atoms with Crippen molar-refractivity contribution in [2.45, 2.75) is 53.6 Å². The standard InChI is InChI=1S/C11H10F11IO2/c1-3-25-5(24)6(2,23)4-7(12,13)8(14,15)9(16,17)10(18,19)11(20,21)22/h3-4H2,1-2H3. The summed E-state index contributed by atoms with van der Waals surface area (Å²) < 4.78 is 143. The molecule has 1 atom stereocenters. The lowest BCUT2D eigenvalue weighted by Crippen LogP contribution is -2.67. The van der Waals surface area contributed by atoms with Crippen LogP contribution in [-0.4, -0.2) is 45.9 Å². The van der Waals surface area contributed by atoms with Gasteiger partial charge in [0, 0.05) is 6.42 Å². The van der Waals surface area contributed by atoms with Crippen LogP contribution in [0.3, 0.4) is 0 Å². The number of carbonyl (C=O) groups excluding carboxylic acids is 1. The largest absolute Gasteiger partial charge is 0.465 e. The minimum absolute atomic E-state index is 0.415. The molecule has 0 aliphatic heterocycles. The number of hydrogen-bond donors (Lipinski definition) is 0. The molecular weight excluding hydrogens is 500 g/mol. The Morgan fingerprint density at radius 3 is 1.56 bits per heavy atom. The van der Waals surface area contributed by atoms with Crippen LogP contribution < -0.4 is 0 Å². The minimum atomic E-state index is -7.48. The zero-order chi connectivity index (χ0) is 20.7. The van der Waals surface area contributed by atoms with Gasteiger partial charge in [0.15, 0.2) is 0 Å². The lowest BCUT2D eigenvalue weighted by atomic mass is 9.91. The van der Waals surface area contributed by atoms with Crippen molar-refractivity contribution in [1.29, 1.82) is 0 Å². The van der Waals surface area contributed by atoms with E-state index in [1.165, 1.54) is 6.92 Å². The Morgan fingerprint density at radius 1 is 0.840 bits per heavy atom. The van der Waals surface area contributed by atoms with Crippen LogP contribution in [0.5, 0.6) is 0 Å². The average Bonchev–Trinajstić information content (AvgIpc) is 2.35. The summed E-state index contributed by atoms with van der Waals surface area (Å²) in [4.78, 5) is 11.4. The zero-order valence-electron chi connectivity index (χ0n) is 12.3. The van der Waals surface area contributed by atoms with Crippen molar-refractivity contribution in [2.75, 3.05) is 6.61 Å². The van der Waals surface area contributed by atoms with Crippen molar-refractivity contribution in [3.63, 3.8) is 0 Å². The fourth-order valence-corrected chi connectivity index (χ4v) is 2.12. The molecular formula is C11H10F11IO2. The summed E-state index contributed by atoms with van der Waals surface area (Å²) in [5.74, 6) is -29.7. The maximum Gasteiger partial charge on any atom is 0.460 e. The first kappa shape index (κ1) is 24.4. The molecule has 0 aliphatic rings. The van der Waals surface area contributed by atoms with Crippen molar-refractivity contribution >= 4 is 28.6 Å². The third kappa shape index (κ3) is 4.23. The molecule has 0 saturated carbocycles. The van der Waals surface area contributed by atoms with Gasteiger partial charge in [0.25, 0.3) is 0 Å². The molecule has 25 heavy (non-hydrogen) atoms. The van der Waals surface area contributed by atoms with Gasteiger partial charge in [0.1, 0.15) is 3.42 Å². The minimum Gasteiger partial charge on any atom is -0.465 e. The molecule has 0 heterocycles. The Hall–Kier alpha value is -0.570. The number of rotatable bonds is 7. The molecule has 0 amide bonds. The molecule has 14 heteroatoms. The maximum absolute atomic E-state index is 13.6. The highest BCUT2D eigenvalue weighted by molar-refractivity contribution is 14.1. The fourth-order valence-electron chi connectivity index (χ4n) is 1.49. The molecule has 0 aliphatic carbocycles. The highest BCUT2D eigenvalue weighted by Crippen LogP contribution is 2.59. The maximum atomic E-state index is 13.6. The normalized spacial score (nSPS) is 17.2. The molecule has 0 rings (SSSR count). The molecule has 0 fully saturated rings. The van der Waals surface area contributed by atoms with E-state index < -0.39 is 52.3 Å². The van der Waals surface area contributed by atoms with Crippen LogP contribution in [0.25, 0.3) is 0 Å². The number of hydrogen-bond acceptors (Lipinski definition) is 2.